The van der Waals surface area contributed by atoms with Gasteiger partial charge in [-0.2, -0.15) is 0 Å². The van der Waals surface area contributed by atoms with Gasteiger partial charge in [-0.25, -0.2) is 8.78 Å². The fourth-order valence-electron chi connectivity index (χ4n) is 2.45. The fraction of sp³-hybridized carbons (Fsp3) is 0.278. The third kappa shape index (κ3) is 3.99. The minimum absolute atomic E-state index is 0.0276. The first-order valence-electron chi connectivity index (χ1n) is 7.53. The van der Waals surface area contributed by atoms with Crippen LogP contribution in [0.5, 0.6) is 17.2 Å². The van der Waals surface area contributed by atoms with Gasteiger partial charge in [0.1, 0.15) is 11.6 Å². The van der Waals surface area contributed by atoms with Gasteiger partial charge in [0.25, 0.3) is 5.91 Å². The highest BCUT2D eigenvalue weighted by Gasteiger charge is 2.20. The number of rotatable bonds is 7. The first kappa shape index (κ1) is 18.5. The number of ether oxygens (including phenoxy) is 3. The lowest BCUT2D eigenvalue weighted by Crippen LogP contribution is -2.26. The fourth-order valence-corrected chi connectivity index (χ4v) is 2.45. The molecule has 0 bridgehead atoms. The second-order valence-corrected chi connectivity index (χ2v) is 5.09. The second-order valence-electron chi connectivity index (χ2n) is 5.09. The summed E-state index contributed by atoms with van der Waals surface area (Å²) in [7, 11) is 4.31. The van der Waals surface area contributed by atoms with Gasteiger partial charge in [-0.15, -0.1) is 0 Å². The first-order chi connectivity index (χ1) is 12.0. The van der Waals surface area contributed by atoms with Crippen molar-refractivity contribution in [3.05, 3.63) is 53.1 Å². The SMILES string of the molecule is COc1ccc(C(=O)NCCc2c(F)cccc2F)c(OC)c1OC. The zero-order valence-corrected chi connectivity index (χ0v) is 14.2. The van der Waals surface area contributed by atoms with Crippen LogP contribution in [0.1, 0.15) is 15.9 Å². The molecule has 0 unspecified atom stereocenters. The molecule has 5 nitrogen and oxygen atoms in total. The van der Waals surface area contributed by atoms with E-state index in [0.717, 1.165) is 0 Å². The molecule has 1 amide bonds. The molecule has 0 fully saturated rings. The monoisotopic (exact) mass is 351 g/mol. The van der Waals surface area contributed by atoms with Crippen LogP contribution in [0.25, 0.3) is 0 Å². The quantitative estimate of drug-likeness (QED) is 0.833. The first-order valence-corrected chi connectivity index (χ1v) is 7.53. The van der Waals surface area contributed by atoms with Crippen molar-refractivity contribution >= 4 is 5.91 Å². The van der Waals surface area contributed by atoms with E-state index < -0.39 is 17.5 Å². The molecule has 0 saturated heterocycles. The largest absolute Gasteiger partial charge is 0.493 e. The molecule has 0 spiro atoms. The summed E-state index contributed by atoms with van der Waals surface area (Å²) in [6.07, 6.45) is 0.0276. The van der Waals surface area contributed by atoms with Crippen molar-refractivity contribution < 1.29 is 27.8 Å². The smallest absolute Gasteiger partial charge is 0.255 e. The Morgan fingerprint density at radius 1 is 0.960 bits per heavy atom. The molecule has 25 heavy (non-hydrogen) atoms. The number of carbonyl (C=O) groups is 1. The summed E-state index contributed by atoms with van der Waals surface area (Å²) < 4.78 is 42.8. The average molecular weight is 351 g/mol. The van der Waals surface area contributed by atoms with Crippen LogP contribution in [-0.4, -0.2) is 33.8 Å². The highest BCUT2D eigenvalue weighted by molar-refractivity contribution is 5.98. The molecule has 134 valence electrons. The lowest BCUT2D eigenvalue weighted by atomic mass is 10.1. The van der Waals surface area contributed by atoms with Gasteiger partial charge in [0.15, 0.2) is 11.5 Å². The Morgan fingerprint density at radius 3 is 2.16 bits per heavy atom. The van der Waals surface area contributed by atoms with Crippen LogP contribution >= 0.6 is 0 Å². The molecule has 7 heteroatoms. The molecule has 0 aliphatic rings. The summed E-state index contributed by atoms with van der Waals surface area (Å²) in [6, 6.07) is 6.75. The molecule has 0 atom stereocenters. The van der Waals surface area contributed by atoms with E-state index in [4.69, 9.17) is 14.2 Å². The molecule has 2 aromatic carbocycles. The summed E-state index contributed by atoms with van der Waals surface area (Å²) in [4.78, 5) is 12.4. The number of methoxy groups -OCH3 is 3. The normalized spacial score (nSPS) is 10.3. The zero-order chi connectivity index (χ0) is 18.4. The highest BCUT2D eigenvalue weighted by Crippen LogP contribution is 2.39. The average Bonchev–Trinajstić information content (AvgIpc) is 2.62. The second kappa shape index (κ2) is 8.32. The maximum absolute atomic E-state index is 13.6. The molecular weight excluding hydrogens is 332 g/mol. The van der Waals surface area contributed by atoms with Crippen LogP contribution in [0.2, 0.25) is 0 Å². The van der Waals surface area contributed by atoms with Crippen molar-refractivity contribution in [2.45, 2.75) is 6.42 Å². The molecule has 0 aliphatic heterocycles. The highest BCUT2D eigenvalue weighted by atomic mass is 19.1. The van der Waals surface area contributed by atoms with E-state index in [0.29, 0.717) is 5.75 Å². The Balaban J connectivity index is 2.13. The van der Waals surface area contributed by atoms with Gasteiger partial charge in [0.05, 0.1) is 26.9 Å². The Morgan fingerprint density at radius 2 is 1.60 bits per heavy atom. The van der Waals surface area contributed by atoms with Gasteiger partial charge >= 0.3 is 0 Å². The minimum Gasteiger partial charge on any atom is -0.493 e. The molecule has 1 N–H and O–H groups in total. The topological polar surface area (TPSA) is 56.8 Å². The molecule has 0 saturated carbocycles. The predicted octanol–water partition coefficient (Wildman–Crippen LogP) is 2.96. The standard InChI is InChI=1S/C18H19F2NO4/c1-23-15-8-7-12(16(24-2)17(15)25-3)18(22)21-10-9-11-13(19)5-4-6-14(11)20/h4-8H,9-10H2,1-3H3,(H,21,22). The van der Waals surface area contributed by atoms with Crippen LogP contribution in [0.3, 0.4) is 0 Å². The van der Waals surface area contributed by atoms with E-state index in [9.17, 15) is 13.6 Å². The lowest BCUT2D eigenvalue weighted by molar-refractivity contribution is 0.0950. The summed E-state index contributed by atoms with van der Waals surface area (Å²) in [6.45, 7) is 0.0637. The van der Waals surface area contributed by atoms with E-state index in [-0.39, 0.29) is 35.6 Å². The maximum Gasteiger partial charge on any atom is 0.255 e. The molecule has 0 aliphatic carbocycles. The van der Waals surface area contributed by atoms with Crippen LogP contribution in [-0.2, 0) is 6.42 Å². The van der Waals surface area contributed by atoms with Crippen molar-refractivity contribution in [2.75, 3.05) is 27.9 Å². The number of amides is 1. The van der Waals surface area contributed by atoms with Crippen LogP contribution in [0.15, 0.2) is 30.3 Å². The van der Waals surface area contributed by atoms with Gasteiger partial charge < -0.3 is 19.5 Å². The Hall–Kier alpha value is -2.83. The van der Waals surface area contributed by atoms with E-state index in [1.807, 2.05) is 0 Å². The van der Waals surface area contributed by atoms with Crippen LogP contribution in [0, 0.1) is 11.6 Å². The third-order valence-electron chi connectivity index (χ3n) is 3.67. The molecule has 0 radical (unpaired) electrons. The number of hydrogen-bond donors (Lipinski definition) is 1. The predicted molar refractivity (Wildman–Crippen MR) is 88.5 cm³/mol. The zero-order valence-electron chi connectivity index (χ0n) is 14.2. The summed E-state index contributed by atoms with van der Waals surface area (Å²) in [5, 5.41) is 2.62. The van der Waals surface area contributed by atoms with E-state index >= 15 is 0 Å². The maximum atomic E-state index is 13.6. The number of hydrogen-bond acceptors (Lipinski definition) is 4. The van der Waals surface area contributed by atoms with Gasteiger partial charge in [0, 0.05) is 12.1 Å². The Labute approximate surface area is 144 Å². The Kier molecular flexibility index (Phi) is 6.16. The Bertz CT molecular complexity index is 745. The number of nitrogens with one attached hydrogen (secondary N) is 1. The molecular formula is C18H19F2NO4. The number of halogens is 2. The van der Waals surface area contributed by atoms with Gasteiger partial charge in [0.2, 0.25) is 5.75 Å². The molecule has 0 heterocycles. The van der Waals surface area contributed by atoms with E-state index in [1.54, 1.807) is 6.07 Å². The van der Waals surface area contributed by atoms with Gasteiger partial charge in [-0.3, -0.25) is 4.79 Å². The summed E-state index contributed by atoms with van der Waals surface area (Å²) in [5.41, 5.74) is 0.163. The van der Waals surface area contributed by atoms with E-state index in [2.05, 4.69) is 5.32 Å². The lowest BCUT2D eigenvalue weighted by Gasteiger charge is -2.15. The molecule has 2 rings (SSSR count). The van der Waals surface area contributed by atoms with E-state index in [1.165, 1.54) is 45.6 Å². The van der Waals surface area contributed by atoms with Crippen molar-refractivity contribution in [2.24, 2.45) is 0 Å². The van der Waals surface area contributed by atoms with Crippen molar-refractivity contribution in [1.29, 1.82) is 0 Å². The molecule has 2 aromatic rings. The molecule has 0 aromatic heterocycles. The van der Waals surface area contributed by atoms with Crippen molar-refractivity contribution in [1.82, 2.24) is 5.32 Å². The summed E-state index contributed by atoms with van der Waals surface area (Å²) >= 11 is 0. The third-order valence-corrected chi connectivity index (χ3v) is 3.67. The minimum atomic E-state index is -0.641. The van der Waals surface area contributed by atoms with Crippen molar-refractivity contribution in [3.8, 4) is 17.2 Å². The van der Waals surface area contributed by atoms with Crippen LogP contribution in [0.4, 0.5) is 8.78 Å². The van der Waals surface area contributed by atoms with Crippen molar-refractivity contribution in [3.63, 3.8) is 0 Å². The van der Waals surface area contributed by atoms with Gasteiger partial charge in [-0.05, 0) is 30.7 Å². The summed E-state index contributed by atoms with van der Waals surface area (Å²) in [5.74, 6) is -0.802. The number of benzene rings is 2. The van der Waals surface area contributed by atoms with Crippen LogP contribution < -0.4 is 19.5 Å². The van der Waals surface area contributed by atoms with Gasteiger partial charge in [-0.1, -0.05) is 6.07 Å². The number of carbonyl (C=O) groups excluding carboxylic acids is 1.